The summed E-state index contributed by atoms with van der Waals surface area (Å²) in [6.07, 6.45) is 5.06. The molecule has 2 rings (SSSR count). The monoisotopic (exact) mass is 361 g/mol. The molecule has 1 aliphatic carbocycles. The van der Waals surface area contributed by atoms with Crippen molar-refractivity contribution in [3.8, 4) is 0 Å². The predicted molar refractivity (Wildman–Crippen MR) is 90.7 cm³/mol. The number of carbonyl (C=O) groups excluding carboxylic acids is 1. The molecule has 1 saturated carbocycles. The minimum atomic E-state index is -0.534. The molecular formula is C16H18Cl3NO2. The number of likely N-dealkylation sites (N-methyl/N-ethyl adjacent to an activating group) is 1. The molecule has 0 atom stereocenters. The molecule has 1 aromatic rings. The third kappa shape index (κ3) is 3.77. The van der Waals surface area contributed by atoms with E-state index < -0.39 is 11.5 Å². The smallest absolute Gasteiger partial charge is 0.344 e. The molecule has 3 nitrogen and oxygen atoms in total. The van der Waals surface area contributed by atoms with Crippen molar-refractivity contribution in [2.45, 2.75) is 37.6 Å². The van der Waals surface area contributed by atoms with Crippen molar-refractivity contribution in [3.05, 3.63) is 45.1 Å². The Morgan fingerprint density at radius 2 is 1.95 bits per heavy atom. The zero-order chi connectivity index (χ0) is 16.2. The highest BCUT2D eigenvalue weighted by Crippen LogP contribution is 2.35. The minimum absolute atomic E-state index is 0.258. The molecule has 0 radical (unpaired) electrons. The fraction of sp³-hybridized carbons (Fsp3) is 0.438. The van der Waals surface area contributed by atoms with Crippen LogP contribution in [0.15, 0.2) is 29.5 Å². The lowest BCUT2D eigenvalue weighted by Crippen LogP contribution is -2.47. The molecule has 0 aliphatic heterocycles. The van der Waals surface area contributed by atoms with Gasteiger partial charge in [0.05, 0.1) is 16.1 Å². The van der Waals surface area contributed by atoms with Gasteiger partial charge in [-0.3, -0.25) is 0 Å². The molecule has 6 heteroatoms. The van der Waals surface area contributed by atoms with Gasteiger partial charge in [-0.05, 0) is 38.1 Å². The number of nitrogens with one attached hydrogen (secondary N) is 1. The summed E-state index contributed by atoms with van der Waals surface area (Å²) in [7, 11) is 1.86. The van der Waals surface area contributed by atoms with E-state index in [-0.39, 0.29) is 10.6 Å². The molecule has 1 aliphatic rings. The summed E-state index contributed by atoms with van der Waals surface area (Å²) in [5.41, 5.74) is 1.21. The van der Waals surface area contributed by atoms with Gasteiger partial charge in [0.25, 0.3) is 0 Å². The van der Waals surface area contributed by atoms with Gasteiger partial charge in [0.2, 0.25) is 0 Å². The second kappa shape index (κ2) is 7.69. The van der Waals surface area contributed by atoms with Crippen LogP contribution in [-0.2, 0) is 4.74 Å². The number of esters is 1. The summed E-state index contributed by atoms with van der Waals surface area (Å²) in [4.78, 5) is 12.4. The number of hydrogen-bond donors (Lipinski definition) is 1. The normalized spacial score (nSPS) is 18.1. The number of ether oxygens (including phenoxy) is 1. The van der Waals surface area contributed by atoms with E-state index in [0.29, 0.717) is 10.8 Å². The van der Waals surface area contributed by atoms with E-state index in [4.69, 9.17) is 39.5 Å². The first-order valence-corrected chi connectivity index (χ1v) is 8.38. The summed E-state index contributed by atoms with van der Waals surface area (Å²) < 4.78 is 5.54. The van der Waals surface area contributed by atoms with Gasteiger partial charge in [0.15, 0.2) is 0 Å². The highest BCUT2D eigenvalue weighted by molar-refractivity contribution is 6.36. The second-order valence-electron chi connectivity index (χ2n) is 5.38. The Bertz CT molecular complexity index is 581. The minimum Gasteiger partial charge on any atom is -0.424 e. The van der Waals surface area contributed by atoms with Gasteiger partial charge >= 0.3 is 5.97 Å². The quantitative estimate of drug-likeness (QED) is 0.594. The fourth-order valence-corrected chi connectivity index (χ4v) is 3.55. The van der Waals surface area contributed by atoms with Crippen LogP contribution in [0.1, 0.15) is 42.5 Å². The Labute approximate surface area is 145 Å². The Balaban J connectivity index is 2.21. The Morgan fingerprint density at radius 3 is 2.50 bits per heavy atom. The van der Waals surface area contributed by atoms with E-state index in [1.807, 2.05) is 7.05 Å². The molecule has 0 saturated heterocycles. The molecule has 0 unspecified atom stereocenters. The van der Waals surface area contributed by atoms with Crippen molar-refractivity contribution in [3.63, 3.8) is 0 Å². The van der Waals surface area contributed by atoms with Crippen LogP contribution in [-0.4, -0.2) is 18.6 Å². The van der Waals surface area contributed by atoms with E-state index in [1.54, 1.807) is 12.1 Å². The summed E-state index contributed by atoms with van der Waals surface area (Å²) in [6, 6.07) is 4.66. The number of hydrogen-bond acceptors (Lipinski definition) is 3. The van der Waals surface area contributed by atoms with Crippen LogP contribution >= 0.6 is 34.8 Å². The van der Waals surface area contributed by atoms with Crippen LogP contribution < -0.4 is 5.32 Å². The van der Waals surface area contributed by atoms with Crippen LogP contribution in [0.3, 0.4) is 0 Å². The average Bonchev–Trinajstić information content (AvgIpc) is 2.53. The summed E-state index contributed by atoms with van der Waals surface area (Å²) in [6.45, 7) is 0. The number of benzene rings is 1. The first-order chi connectivity index (χ1) is 10.5. The maximum atomic E-state index is 12.4. The largest absolute Gasteiger partial charge is 0.424 e. The molecule has 1 aromatic carbocycles. The second-order valence-corrected chi connectivity index (χ2v) is 6.44. The Morgan fingerprint density at radius 1 is 1.27 bits per heavy atom. The summed E-state index contributed by atoms with van der Waals surface area (Å²) in [5.74, 6) is -0.0962. The van der Waals surface area contributed by atoms with E-state index in [2.05, 4.69) is 5.32 Å². The zero-order valence-corrected chi connectivity index (χ0v) is 14.6. The molecule has 0 spiro atoms. The predicted octanol–water partition coefficient (Wildman–Crippen LogP) is 5.15. The number of halogens is 3. The van der Waals surface area contributed by atoms with Crippen LogP contribution in [0.2, 0.25) is 10.0 Å². The van der Waals surface area contributed by atoms with Gasteiger partial charge in [0.1, 0.15) is 5.76 Å². The molecule has 1 N–H and O–H groups in total. The maximum absolute atomic E-state index is 12.4. The van der Waals surface area contributed by atoms with Gasteiger partial charge in [-0.2, -0.15) is 0 Å². The lowest BCUT2D eigenvalue weighted by Gasteiger charge is -2.37. The van der Waals surface area contributed by atoms with E-state index in [1.165, 1.54) is 18.0 Å². The lowest BCUT2D eigenvalue weighted by atomic mass is 9.80. The van der Waals surface area contributed by atoms with Gasteiger partial charge in [0, 0.05) is 10.6 Å². The molecular weight excluding hydrogens is 345 g/mol. The first kappa shape index (κ1) is 17.6. The van der Waals surface area contributed by atoms with Gasteiger partial charge in [-0.1, -0.05) is 54.1 Å². The SMILES string of the molecule is CNC1(C(=CCl)OC(=O)c2ccc(Cl)cc2Cl)CCCCC1. The molecule has 0 bridgehead atoms. The van der Waals surface area contributed by atoms with Crippen LogP contribution in [0.4, 0.5) is 0 Å². The third-order valence-electron chi connectivity index (χ3n) is 4.11. The highest BCUT2D eigenvalue weighted by atomic mass is 35.5. The Kier molecular flexibility index (Phi) is 6.16. The molecule has 120 valence electrons. The van der Waals surface area contributed by atoms with Gasteiger partial charge in [-0.25, -0.2) is 4.79 Å². The summed E-state index contributed by atoms with van der Waals surface area (Å²) in [5, 5.41) is 3.99. The van der Waals surface area contributed by atoms with Crippen molar-refractivity contribution in [1.29, 1.82) is 0 Å². The standard InChI is InChI=1S/C16H18Cl3NO2/c1-20-16(7-3-2-4-8-16)14(10-17)22-15(21)12-6-5-11(18)9-13(12)19/h5-6,9-10,20H,2-4,7-8H2,1H3. The first-order valence-electron chi connectivity index (χ1n) is 7.19. The van der Waals surface area contributed by atoms with Crippen LogP contribution in [0.25, 0.3) is 0 Å². The van der Waals surface area contributed by atoms with Crippen molar-refractivity contribution >= 4 is 40.8 Å². The maximum Gasteiger partial charge on any atom is 0.344 e. The van der Waals surface area contributed by atoms with Gasteiger partial charge < -0.3 is 10.1 Å². The molecule has 0 aromatic heterocycles. The average molecular weight is 363 g/mol. The topological polar surface area (TPSA) is 38.3 Å². The van der Waals surface area contributed by atoms with Crippen LogP contribution in [0.5, 0.6) is 0 Å². The molecule has 1 fully saturated rings. The summed E-state index contributed by atoms with van der Waals surface area (Å²) >= 11 is 17.8. The number of rotatable bonds is 4. The number of carbonyl (C=O) groups is 1. The molecule has 0 heterocycles. The fourth-order valence-electron chi connectivity index (χ4n) is 2.81. The van der Waals surface area contributed by atoms with Crippen molar-refractivity contribution in [2.24, 2.45) is 0 Å². The zero-order valence-electron chi connectivity index (χ0n) is 12.3. The van der Waals surface area contributed by atoms with Crippen molar-refractivity contribution < 1.29 is 9.53 Å². The highest BCUT2D eigenvalue weighted by Gasteiger charge is 2.37. The van der Waals surface area contributed by atoms with Gasteiger partial charge in [-0.15, -0.1) is 0 Å². The van der Waals surface area contributed by atoms with Crippen LogP contribution in [0, 0.1) is 0 Å². The van der Waals surface area contributed by atoms with Crippen molar-refractivity contribution in [2.75, 3.05) is 7.05 Å². The van der Waals surface area contributed by atoms with E-state index in [0.717, 1.165) is 25.7 Å². The lowest BCUT2D eigenvalue weighted by molar-refractivity contribution is 0.0534. The van der Waals surface area contributed by atoms with Crippen molar-refractivity contribution in [1.82, 2.24) is 5.32 Å². The van der Waals surface area contributed by atoms with E-state index in [9.17, 15) is 4.79 Å². The molecule has 22 heavy (non-hydrogen) atoms. The Hall–Kier alpha value is -0.740. The molecule has 0 amide bonds. The third-order valence-corrected chi connectivity index (χ3v) is 4.86. The van der Waals surface area contributed by atoms with E-state index >= 15 is 0 Å².